The Balaban J connectivity index is 2.26. The first-order chi connectivity index (χ1) is 5.62. The summed E-state index contributed by atoms with van der Waals surface area (Å²) in [7, 11) is 0. The lowest BCUT2D eigenvalue weighted by molar-refractivity contribution is 0.215. The van der Waals surface area contributed by atoms with Crippen molar-refractivity contribution in [2.75, 3.05) is 19.6 Å². The molecule has 0 saturated carbocycles. The Morgan fingerprint density at radius 2 is 1.92 bits per heavy atom. The van der Waals surface area contributed by atoms with Gasteiger partial charge in [-0.15, -0.1) is 0 Å². The van der Waals surface area contributed by atoms with E-state index in [1.165, 1.54) is 32.5 Å². The standard InChI is InChI=1S/C10H22N2/c1-9(2)12-8-10(3)4-6-11-7-5-10/h9,11-12H,4-8H2,1-3H3. The van der Waals surface area contributed by atoms with Crippen LogP contribution in [0.2, 0.25) is 0 Å². The molecule has 0 spiro atoms. The lowest BCUT2D eigenvalue weighted by atomic mass is 9.81. The molecule has 1 aliphatic heterocycles. The van der Waals surface area contributed by atoms with E-state index >= 15 is 0 Å². The maximum Gasteiger partial charge on any atom is 0.00106 e. The number of piperidine rings is 1. The number of hydrogen-bond acceptors (Lipinski definition) is 2. The van der Waals surface area contributed by atoms with E-state index in [2.05, 4.69) is 31.4 Å². The molecule has 0 amide bonds. The van der Waals surface area contributed by atoms with Crippen molar-refractivity contribution in [2.24, 2.45) is 5.41 Å². The van der Waals surface area contributed by atoms with Gasteiger partial charge in [0.1, 0.15) is 0 Å². The van der Waals surface area contributed by atoms with Gasteiger partial charge < -0.3 is 10.6 Å². The minimum atomic E-state index is 0.537. The minimum absolute atomic E-state index is 0.537. The van der Waals surface area contributed by atoms with Gasteiger partial charge in [-0.1, -0.05) is 20.8 Å². The third kappa shape index (κ3) is 3.11. The molecule has 2 heteroatoms. The van der Waals surface area contributed by atoms with Crippen LogP contribution in [0.1, 0.15) is 33.6 Å². The van der Waals surface area contributed by atoms with Crippen molar-refractivity contribution in [3.8, 4) is 0 Å². The summed E-state index contributed by atoms with van der Waals surface area (Å²) >= 11 is 0. The van der Waals surface area contributed by atoms with E-state index in [1.54, 1.807) is 0 Å². The summed E-state index contributed by atoms with van der Waals surface area (Å²) in [6.07, 6.45) is 2.62. The molecule has 1 fully saturated rings. The largest absolute Gasteiger partial charge is 0.317 e. The predicted molar refractivity (Wildman–Crippen MR) is 53.3 cm³/mol. The number of rotatable bonds is 3. The minimum Gasteiger partial charge on any atom is -0.317 e. The van der Waals surface area contributed by atoms with E-state index in [0.717, 1.165) is 0 Å². The summed E-state index contributed by atoms with van der Waals surface area (Å²) in [4.78, 5) is 0. The third-order valence-electron chi connectivity index (χ3n) is 2.75. The molecule has 0 aliphatic carbocycles. The monoisotopic (exact) mass is 170 g/mol. The molecule has 2 N–H and O–H groups in total. The van der Waals surface area contributed by atoms with E-state index in [1.807, 2.05) is 0 Å². The van der Waals surface area contributed by atoms with Crippen LogP contribution in [-0.2, 0) is 0 Å². The lowest BCUT2D eigenvalue weighted by Gasteiger charge is -2.34. The Kier molecular flexibility index (Phi) is 3.53. The zero-order valence-electron chi connectivity index (χ0n) is 8.61. The highest BCUT2D eigenvalue weighted by Crippen LogP contribution is 2.26. The maximum atomic E-state index is 3.53. The molecule has 0 bridgehead atoms. The highest BCUT2D eigenvalue weighted by atomic mass is 14.9. The summed E-state index contributed by atoms with van der Waals surface area (Å²) in [5.41, 5.74) is 0.537. The molecule has 0 aromatic carbocycles. The summed E-state index contributed by atoms with van der Waals surface area (Å²) in [5, 5.41) is 6.93. The topological polar surface area (TPSA) is 24.1 Å². The first-order valence-corrected chi connectivity index (χ1v) is 5.06. The summed E-state index contributed by atoms with van der Waals surface area (Å²) in [5.74, 6) is 0. The van der Waals surface area contributed by atoms with Gasteiger partial charge in [0.15, 0.2) is 0 Å². The molecule has 1 rings (SSSR count). The summed E-state index contributed by atoms with van der Waals surface area (Å²) in [6, 6.07) is 0.622. The Labute approximate surface area is 76.1 Å². The SMILES string of the molecule is CC(C)NCC1(C)CCNCC1. The second-order valence-corrected chi connectivity index (χ2v) is 4.60. The Morgan fingerprint density at radius 1 is 1.33 bits per heavy atom. The van der Waals surface area contributed by atoms with E-state index < -0.39 is 0 Å². The molecule has 0 aromatic heterocycles. The van der Waals surface area contributed by atoms with E-state index in [4.69, 9.17) is 0 Å². The molecule has 12 heavy (non-hydrogen) atoms. The van der Waals surface area contributed by atoms with Crippen LogP contribution in [0.5, 0.6) is 0 Å². The van der Waals surface area contributed by atoms with Crippen molar-refractivity contribution in [2.45, 2.75) is 39.7 Å². The van der Waals surface area contributed by atoms with E-state index in [-0.39, 0.29) is 0 Å². The van der Waals surface area contributed by atoms with Gasteiger partial charge in [-0.05, 0) is 31.3 Å². The molecule has 0 aromatic rings. The molecular weight excluding hydrogens is 148 g/mol. The molecule has 0 radical (unpaired) electrons. The zero-order chi connectivity index (χ0) is 9.03. The second kappa shape index (κ2) is 4.24. The zero-order valence-corrected chi connectivity index (χ0v) is 8.61. The average Bonchev–Trinajstić information content (AvgIpc) is 2.03. The highest BCUT2D eigenvalue weighted by Gasteiger charge is 2.25. The molecule has 72 valence electrons. The summed E-state index contributed by atoms with van der Waals surface area (Å²) in [6.45, 7) is 10.4. The first-order valence-electron chi connectivity index (χ1n) is 5.06. The molecular formula is C10H22N2. The van der Waals surface area contributed by atoms with Crippen LogP contribution in [0, 0.1) is 5.41 Å². The normalized spacial score (nSPS) is 23.0. The fourth-order valence-corrected chi connectivity index (χ4v) is 1.66. The molecule has 1 saturated heterocycles. The van der Waals surface area contributed by atoms with Gasteiger partial charge in [-0.25, -0.2) is 0 Å². The van der Waals surface area contributed by atoms with Crippen LogP contribution in [-0.4, -0.2) is 25.7 Å². The second-order valence-electron chi connectivity index (χ2n) is 4.60. The lowest BCUT2D eigenvalue weighted by Crippen LogP contribution is -2.42. The van der Waals surface area contributed by atoms with Crippen LogP contribution in [0.4, 0.5) is 0 Å². The fraction of sp³-hybridized carbons (Fsp3) is 1.00. The third-order valence-corrected chi connectivity index (χ3v) is 2.75. The Hall–Kier alpha value is -0.0800. The van der Waals surface area contributed by atoms with E-state index in [0.29, 0.717) is 11.5 Å². The molecule has 0 unspecified atom stereocenters. The van der Waals surface area contributed by atoms with Crippen molar-refractivity contribution >= 4 is 0 Å². The molecule has 0 atom stereocenters. The Morgan fingerprint density at radius 3 is 2.42 bits per heavy atom. The smallest absolute Gasteiger partial charge is 0.00106 e. The molecule has 1 heterocycles. The Bertz CT molecular complexity index is 126. The number of hydrogen-bond donors (Lipinski definition) is 2. The average molecular weight is 170 g/mol. The first kappa shape index (κ1) is 10.0. The molecule has 2 nitrogen and oxygen atoms in total. The van der Waals surface area contributed by atoms with Crippen LogP contribution < -0.4 is 10.6 Å². The van der Waals surface area contributed by atoms with Crippen molar-refractivity contribution in [3.63, 3.8) is 0 Å². The van der Waals surface area contributed by atoms with Crippen molar-refractivity contribution in [1.29, 1.82) is 0 Å². The number of nitrogens with one attached hydrogen (secondary N) is 2. The predicted octanol–water partition coefficient (Wildman–Crippen LogP) is 1.37. The van der Waals surface area contributed by atoms with Gasteiger partial charge in [0.05, 0.1) is 0 Å². The maximum absolute atomic E-state index is 3.53. The van der Waals surface area contributed by atoms with E-state index in [9.17, 15) is 0 Å². The van der Waals surface area contributed by atoms with Gasteiger partial charge >= 0.3 is 0 Å². The highest BCUT2D eigenvalue weighted by molar-refractivity contribution is 4.82. The van der Waals surface area contributed by atoms with Crippen molar-refractivity contribution in [3.05, 3.63) is 0 Å². The van der Waals surface area contributed by atoms with Crippen molar-refractivity contribution in [1.82, 2.24) is 10.6 Å². The van der Waals surface area contributed by atoms with Crippen LogP contribution in [0.25, 0.3) is 0 Å². The fourth-order valence-electron chi connectivity index (χ4n) is 1.66. The van der Waals surface area contributed by atoms with Gasteiger partial charge in [0.25, 0.3) is 0 Å². The van der Waals surface area contributed by atoms with Gasteiger partial charge in [0.2, 0.25) is 0 Å². The van der Waals surface area contributed by atoms with Gasteiger partial charge in [0, 0.05) is 12.6 Å². The molecule has 1 aliphatic rings. The quantitative estimate of drug-likeness (QED) is 0.668. The van der Waals surface area contributed by atoms with Crippen LogP contribution in [0.15, 0.2) is 0 Å². The van der Waals surface area contributed by atoms with Crippen LogP contribution >= 0.6 is 0 Å². The van der Waals surface area contributed by atoms with Gasteiger partial charge in [-0.2, -0.15) is 0 Å². The van der Waals surface area contributed by atoms with Gasteiger partial charge in [-0.3, -0.25) is 0 Å². The van der Waals surface area contributed by atoms with Crippen LogP contribution in [0.3, 0.4) is 0 Å². The summed E-state index contributed by atoms with van der Waals surface area (Å²) < 4.78 is 0. The van der Waals surface area contributed by atoms with Crippen molar-refractivity contribution < 1.29 is 0 Å².